The van der Waals surface area contributed by atoms with E-state index in [9.17, 15) is 19.7 Å². The van der Waals surface area contributed by atoms with Gasteiger partial charge in [-0.1, -0.05) is 11.6 Å². The SMILES string of the molecule is O=c1ccn(Cc2ccc([N+](=O)[O-])cc2Cl)c(=O)[nH]1. The lowest BCUT2D eigenvalue weighted by molar-refractivity contribution is -0.384. The summed E-state index contributed by atoms with van der Waals surface area (Å²) in [5.74, 6) is 0. The second kappa shape index (κ2) is 5.07. The van der Waals surface area contributed by atoms with Crippen molar-refractivity contribution in [3.8, 4) is 0 Å². The number of hydrogen-bond donors (Lipinski definition) is 1. The molecule has 0 amide bonds. The molecule has 0 aliphatic heterocycles. The highest BCUT2D eigenvalue weighted by Gasteiger charge is 2.10. The molecule has 0 saturated heterocycles. The van der Waals surface area contributed by atoms with Crippen LogP contribution in [-0.4, -0.2) is 14.5 Å². The Kier molecular flexibility index (Phi) is 3.48. The number of H-pyrrole nitrogens is 1. The van der Waals surface area contributed by atoms with Gasteiger partial charge in [-0.15, -0.1) is 0 Å². The molecule has 0 bridgehead atoms. The Morgan fingerprint density at radius 1 is 1.32 bits per heavy atom. The molecule has 0 saturated carbocycles. The predicted molar refractivity (Wildman–Crippen MR) is 68.5 cm³/mol. The van der Waals surface area contributed by atoms with Crippen molar-refractivity contribution in [2.45, 2.75) is 6.54 Å². The topological polar surface area (TPSA) is 98.0 Å². The second-order valence-electron chi connectivity index (χ2n) is 3.77. The molecule has 0 unspecified atom stereocenters. The molecular formula is C11H8ClN3O4. The molecule has 0 atom stereocenters. The maximum Gasteiger partial charge on any atom is 0.328 e. The van der Waals surface area contributed by atoms with Crippen LogP contribution in [0.2, 0.25) is 5.02 Å². The normalized spacial score (nSPS) is 10.4. The first-order valence-corrected chi connectivity index (χ1v) is 5.58. The zero-order valence-electron chi connectivity index (χ0n) is 9.50. The van der Waals surface area contributed by atoms with Crippen molar-refractivity contribution >= 4 is 17.3 Å². The number of halogens is 1. The molecule has 7 nitrogen and oxygen atoms in total. The highest BCUT2D eigenvalue weighted by Crippen LogP contribution is 2.22. The van der Waals surface area contributed by atoms with Crippen LogP contribution in [0.25, 0.3) is 0 Å². The summed E-state index contributed by atoms with van der Waals surface area (Å²) in [4.78, 5) is 34.5. The Balaban J connectivity index is 2.36. The third-order valence-electron chi connectivity index (χ3n) is 2.49. The zero-order chi connectivity index (χ0) is 14.0. The Morgan fingerprint density at radius 2 is 2.05 bits per heavy atom. The quantitative estimate of drug-likeness (QED) is 0.674. The number of non-ortho nitro benzene ring substituents is 1. The van der Waals surface area contributed by atoms with Crippen molar-refractivity contribution in [2.75, 3.05) is 0 Å². The molecule has 0 fully saturated rings. The first-order valence-electron chi connectivity index (χ1n) is 5.20. The lowest BCUT2D eigenvalue weighted by Crippen LogP contribution is -2.28. The minimum absolute atomic E-state index is 0.118. The van der Waals surface area contributed by atoms with Crippen LogP contribution in [0.5, 0.6) is 0 Å². The molecule has 2 aromatic rings. The van der Waals surface area contributed by atoms with E-state index in [-0.39, 0.29) is 17.3 Å². The monoisotopic (exact) mass is 281 g/mol. The number of aromatic amines is 1. The summed E-state index contributed by atoms with van der Waals surface area (Å²) in [5, 5.41) is 10.8. The third-order valence-corrected chi connectivity index (χ3v) is 2.84. The van der Waals surface area contributed by atoms with Crippen molar-refractivity contribution in [1.82, 2.24) is 9.55 Å². The highest BCUT2D eigenvalue weighted by molar-refractivity contribution is 6.31. The lowest BCUT2D eigenvalue weighted by atomic mass is 10.2. The Labute approximate surface area is 111 Å². The van der Waals surface area contributed by atoms with Gasteiger partial charge in [-0.05, 0) is 11.6 Å². The van der Waals surface area contributed by atoms with Gasteiger partial charge in [0.25, 0.3) is 11.2 Å². The number of nitro benzene ring substituents is 1. The fourth-order valence-corrected chi connectivity index (χ4v) is 1.76. The van der Waals surface area contributed by atoms with Crippen LogP contribution in [0.15, 0.2) is 40.1 Å². The third kappa shape index (κ3) is 2.89. The minimum Gasteiger partial charge on any atom is -0.296 e. The number of nitrogens with one attached hydrogen (secondary N) is 1. The van der Waals surface area contributed by atoms with Crippen molar-refractivity contribution in [3.05, 3.63) is 72.0 Å². The van der Waals surface area contributed by atoms with Gasteiger partial charge in [0.05, 0.1) is 16.5 Å². The summed E-state index contributed by atoms with van der Waals surface area (Å²) >= 11 is 5.92. The molecule has 0 aliphatic carbocycles. The number of benzene rings is 1. The maximum absolute atomic E-state index is 11.5. The standard InChI is InChI=1S/C11H8ClN3O4/c12-9-5-8(15(18)19)2-1-7(9)6-14-4-3-10(16)13-11(14)17/h1-5H,6H2,(H,13,16,17). The van der Waals surface area contributed by atoms with Crippen LogP contribution in [0.4, 0.5) is 5.69 Å². The van der Waals surface area contributed by atoms with Gasteiger partial charge in [0.15, 0.2) is 0 Å². The lowest BCUT2D eigenvalue weighted by Gasteiger charge is -2.06. The number of nitro groups is 1. The van der Waals surface area contributed by atoms with Crippen molar-refractivity contribution in [1.29, 1.82) is 0 Å². The number of rotatable bonds is 3. The van der Waals surface area contributed by atoms with Crippen LogP contribution in [0.1, 0.15) is 5.56 Å². The fraction of sp³-hybridized carbons (Fsp3) is 0.0909. The van der Waals surface area contributed by atoms with Gasteiger partial charge in [-0.2, -0.15) is 0 Å². The van der Waals surface area contributed by atoms with Gasteiger partial charge in [-0.25, -0.2) is 4.79 Å². The van der Waals surface area contributed by atoms with Crippen LogP contribution in [-0.2, 0) is 6.54 Å². The molecule has 1 aromatic heterocycles. The van der Waals surface area contributed by atoms with Gasteiger partial charge >= 0.3 is 5.69 Å². The summed E-state index contributed by atoms with van der Waals surface area (Å²) in [5.41, 5.74) is -0.637. The van der Waals surface area contributed by atoms with Gasteiger partial charge in [-0.3, -0.25) is 24.5 Å². The van der Waals surface area contributed by atoms with E-state index in [4.69, 9.17) is 11.6 Å². The van der Waals surface area contributed by atoms with Gasteiger partial charge < -0.3 is 0 Å². The van der Waals surface area contributed by atoms with E-state index in [0.29, 0.717) is 5.56 Å². The van der Waals surface area contributed by atoms with Crippen molar-refractivity contribution in [3.63, 3.8) is 0 Å². The molecule has 1 heterocycles. The molecule has 0 radical (unpaired) electrons. The van der Waals surface area contributed by atoms with E-state index >= 15 is 0 Å². The highest BCUT2D eigenvalue weighted by atomic mass is 35.5. The first-order chi connectivity index (χ1) is 8.97. The zero-order valence-corrected chi connectivity index (χ0v) is 10.3. The smallest absolute Gasteiger partial charge is 0.296 e. The summed E-state index contributed by atoms with van der Waals surface area (Å²) in [6.45, 7) is 0.118. The van der Waals surface area contributed by atoms with Crippen molar-refractivity contribution in [2.24, 2.45) is 0 Å². The summed E-state index contributed by atoms with van der Waals surface area (Å²) in [6, 6.07) is 5.20. The van der Waals surface area contributed by atoms with Crippen LogP contribution in [0, 0.1) is 10.1 Å². The Morgan fingerprint density at radius 3 is 2.63 bits per heavy atom. The van der Waals surface area contributed by atoms with E-state index in [0.717, 1.165) is 0 Å². The van der Waals surface area contributed by atoms with E-state index in [2.05, 4.69) is 4.98 Å². The molecule has 8 heteroatoms. The number of aromatic nitrogens is 2. The number of nitrogens with zero attached hydrogens (tertiary/aromatic N) is 2. The Hall–Kier alpha value is -2.41. The fourth-order valence-electron chi connectivity index (χ4n) is 1.53. The molecule has 98 valence electrons. The van der Waals surface area contributed by atoms with E-state index in [1.165, 1.54) is 35.0 Å². The van der Waals surface area contributed by atoms with Gasteiger partial charge in [0.2, 0.25) is 0 Å². The van der Waals surface area contributed by atoms with E-state index in [1.807, 2.05) is 0 Å². The summed E-state index contributed by atoms with van der Waals surface area (Å²) in [6.07, 6.45) is 1.33. The van der Waals surface area contributed by atoms with Crippen molar-refractivity contribution < 1.29 is 4.92 Å². The summed E-state index contributed by atoms with van der Waals surface area (Å²) in [7, 11) is 0. The molecular weight excluding hydrogens is 274 g/mol. The largest absolute Gasteiger partial charge is 0.328 e. The molecule has 19 heavy (non-hydrogen) atoms. The van der Waals surface area contributed by atoms with E-state index in [1.54, 1.807) is 0 Å². The van der Waals surface area contributed by atoms with E-state index < -0.39 is 16.2 Å². The average molecular weight is 282 g/mol. The molecule has 1 N–H and O–H groups in total. The molecule has 1 aromatic carbocycles. The minimum atomic E-state index is -0.568. The molecule has 0 aliphatic rings. The van der Waals surface area contributed by atoms with Crippen LogP contribution >= 0.6 is 11.6 Å². The predicted octanol–water partition coefficient (Wildman–Crippen LogP) is 1.15. The van der Waals surface area contributed by atoms with Crippen LogP contribution < -0.4 is 11.2 Å². The maximum atomic E-state index is 11.5. The molecule has 2 rings (SSSR count). The Bertz CT molecular complexity index is 750. The first kappa shape index (κ1) is 13.0. The van der Waals surface area contributed by atoms with Crippen LogP contribution in [0.3, 0.4) is 0 Å². The molecule has 0 spiro atoms. The van der Waals surface area contributed by atoms with Gasteiger partial charge in [0, 0.05) is 24.4 Å². The van der Waals surface area contributed by atoms with Gasteiger partial charge in [0.1, 0.15) is 0 Å². The second-order valence-corrected chi connectivity index (χ2v) is 4.18. The summed E-state index contributed by atoms with van der Waals surface area (Å²) < 4.78 is 1.24. The average Bonchev–Trinajstić information content (AvgIpc) is 2.34. The number of hydrogen-bond acceptors (Lipinski definition) is 4.